The molecule has 1 heterocycles. The number of phenols is 1. The van der Waals surface area contributed by atoms with Crippen molar-refractivity contribution in [1.82, 2.24) is 5.32 Å². The molecule has 1 unspecified atom stereocenters. The van der Waals surface area contributed by atoms with Gasteiger partial charge in [0.15, 0.2) is 11.5 Å². The third kappa shape index (κ3) is 2.42. The molecule has 1 atom stereocenters. The van der Waals surface area contributed by atoms with Gasteiger partial charge in [0, 0.05) is 15.7 Å². The number of para-hydroxylation sites is 1. The zero-order chi connectivity index (χ0) is 15.0. The van der Waals surface area contributed by atoms with Gasteiger partial charge < -0.3 is 20.5 Å². The summed E-state index contributed by atoms with van der Waals surface area (Å²) in [5.41, 5.74) is 1.84. The maximum atomic E-state index is 12.1. The fourth-order valence-corrected chi connectivity index (χ4v) is 2.79. The largest absolute Gasteiger partial charge is 0.504 e. The van der Waals surface area contributed by atoms with Gasteiger partial charge in [-0.2, -0.15) is 0 Å². The van der Waals surface area contributed by atoms with Gasteiger partial charge in [0.05, 0.1) is 12.7 Å². The highest BCUT2D eigenvalue weighted by Crippen LogP contribution is 2.38. The minimum absolute atomic E-state index is 0.00196. The van der Waals surface area contributed by atoms with E-state index >= 15 is 0 Å². The standard InChI is InChI=1S/C15H13BrN2O3/c1-21-12-7-8(16)6-10(13(12)19)14-17-11-5-3-2-4-9(11)15(20)18-14/h2-7,14,17,19H,1H3,(H,18,20). The molecule has 6 heteroatoms. The van der Waals surface area contributed by atoms with E-state index in [2.05, 4.69) is 26.6 Å². The van der Waals surface area contributed by atoms with E-state index < -0.39 is 6.17 Å². The average Bonchev–Trinajstić information content (AvgIpc) is 2.49. The molecular formula is C15H13BrN2O3. The first-order valence-electron chi connectivity index (χ1n) is 6.33. The smallest absolute Gasteiger partial charge is 0.255 e. The van der Waals surface area contributed by atoms with Crippen LogP contribution in [0.5, 0.6) is 11.5 Å². The number of carbonyl (C=O) groups is 1. The van der Waals surface area contributed by atoms with Gasteiger partial charge in [0.1, 0.15) is 6.17 Å². The monoisotopic (exact) mass is 348 g/mol. The number of carbonyl (C=O) groups excluding carboxylic acids is 1. The normalized spacial score (nSPS) is 16.7. The lowest BCUT2D eigenvalue weighted by molar-refractivity contribution is 0.0935. The van der Waals surface area contributed by atoms with Crippen LogP contribution in [0.1, 0.15) is 22.1 Å². The molecule has 5 nitrogen and oxygen atoms in total. The lowest BCUT2D eigenvalue weighted by Crippen LogP contribution is -2.38. The highest BCUT2D eigenvalue weighted by atomic mass is 79.9. The average molecular weight is 349 g/mol. The molecule has 0 spiro atoms. The zero-order valence-electron chi connectivity index (χ0n) is 11.2. The Morgan fingerprint density at radius 1 is 1.24 bits per heavy atom. The third-order valence-corrected chi connectivity index (χ3v) is 3.80. The SMILES string of the molecule is COc1cc(Br)cc(C2NC(=O)c3ccccc3N2)c1O. The molecule has 1 aliphatic rings. The molecule has 0 saturated carbocycles. The summed E-state index contributed by atoms with van der Waals surface area (Å²) in [6.45, 7) is 0. The number of amides is 1. The van der Waals surface area contributed by atoms with Gasteiger partial charge in [-0.15, -0.1) is 0 Å². The Morgan fingerprint density at radius 3 is 2.76 bits per heavy atom. The van der Waals surface area contributed by atoms with Gasteiger partial charge in [-0.05, 0) is 24.3 Å². The Hall–Kier alpha value is -2.21. The minimum Gasteiger partial charge on any atom is -0.504 e. The lowest BCUT2D eigenvalue weighted by Gasteiger charge is -2.29. The highest BCUT2D eigenvalue weighted by Gasteiger charge is 2.27. The van der Waals surface area contributed by atoms with Crippen LogP contribution in [0, 0.1) is 0 Å². The van der Waals surface area contributed by atoms with Crippen molar-refractivity contribution in [2.75, 3.05) is 12.4 Å². The minimum atomic E-state index is -0.529. The maximum absolute atomic E-state index is 12.1. The van der Waals surface area contributed by atoms with Crippen molar-refractivity contribution in [3.63, 3.8) is 0 Å². The van der Waals surface area contributed by atoms with Crippen LogP contribution in [0.15, 0.2) is 40.9 Å². The molecule has 0 fully saturated rings. The first kappa shape index (κ1) is 13.8. The van der Waals surface area contributed by atoms with Crippen LogP contribution in [0.3, 0.4) is 0 Å². The van der Waals surface area contributed by atoms with E-state index in [0.29, 0.717) is 16.9 Å². The van der Waals surface area contributed by atoms with Crippen molar-refractivity contribution in [1.29, 1.82) is 0 Å². The van der Waals surface area contributed by atoms with Gasteiger partial charge in [-0.3, -0.25) is 4.79 Å². The Labute approximate surface area is 130 Å². The maximum Gasteiger partial charge on any atom is 0.255 e. The molecule has 21 heavy (non-hydrogen) atoms. The van der Waals surface area contributed by atoms with Crippen LogP contribution in [0.25, 0.3) is 0 Å². The summed E-state index contributed by atoms with van der Waals surface area (Å²) >= 11 is 3.37. The fraction of sp³-hybridized carbons (Fsp3) is 0.133. The van der Waals surface area contributed by atoms with E-state index in [1.807, 2.05) is 12.1 Å². The molecular weight excluding hydrogens is 336 g/mol. The van der Waals surface area contributed by atoms with E-state index in [4.69, 9.17) is 4.74 Å². The van der Waals surface area contributed by atoms with Crippen LogP contribution >= 0.6 is 15.9 Å². The van der Waals surface area contributed by atoms with Crippen molar-refractivity contribution >= 4 is 27.5 Å². The van der Waals surface area contributed by atoms with Crippen LogP contribution in [0.2, 0.25) is 0 Å². The number of hydrogen-bond acceptors (Lipinski definition) is 4. The Bertz CT molecular complexity index is 718. The number of anilines is 1. The molecule has 1 amide bonds. The zero-order valence-corrected chi connectivity index (χ0v) is 12.8. The number of nitrogens with one attached hydrogen (secondary N) is 2. The van der Waals surface area contributed by atoms with Gasteiger partial charge in [0.2, 0.25) is 0 Å². The van der Waals surface area contributed by atoms with E-state index in [1.54, 1.807) is 24.3 Å². The number of benzene rings is 2. The van der Waals surface area contributed by atoms with Crippen LogP contribution in [-0.2, 0) is 0 Å². The summed E-state index contributed by atoms with van der Waals surface area (Å²) in [4.78, 5) is 12.1. The Morgan fingerprint density at radius 2 is 2.00 bits per heavy atom. The number of fused-ring (bicyclic) bond motifs is 1. The van der Waals surface area contributed by atoms with E-state index in [1.165, 1.54) is 7.11 Å². The van der Waals surface area contributed by atoms with Crippen molar-refractivity contribution < 1.29 is 14.6 Å². The second kappa shape index (κ2) is 5.29. The molecule has 0 radical (unpaired) electrons. The quantitative estimate of drug-likeness (QED) is 0.780. The molecule has 2 aromatic carbocycles. The number of aromatic hydroxyl groups is 1. The van der Waals surface area contributed by atoms with Crippen LogP contribution in [0.4, 0.5) is 5.69 Å². The molecule has 0 aliphatic carbocycles. The lowest BCUT2D eigenvalue weighted by atomic mass is 10.0. The summed E-state index contributed by atoms with van der Waals surface area (Å²) in [6.07, 6.45) is -0.529. The second-order valence-electron chi connectivity index (χ2n) is 4.64. The third-order valence-electron chi connectivity index (χ3n) is 3.35. The number of methoxy groups -OCH3 is 1. The first-order chi connectivity index (χ1) is 10.1. The van der Waals surface area contributed by atoms with Crippen molar-refractivity contribution in [3.8, 4) is 11.5 Å². The number of ether oxygens (including phenoxy) is 1. The number of rotatable bonds is 2. The Kier molecular flexibility index (Phi) is 3.47. The predicted molar refractivity (Wildman–Crippen MR) is 82.6 cm³/mol. The molecule has 3 N–H and O–H groups in total. The van der Waals surface area contributed by atoms with Gasteiger partial charge >= 0.3 is 0 Å². The fourth-order valence-electron chi connectivity index (χ4n) is 2.33. The summed E-state index contributed by atoms with van der Waals surface area (Å²) in [5, 5.41) is 16.3. The Balaban J connectivity index is 2.04. The van der Waals surface area contributed by atoms with Crippen LogP contribution < -0.4 is 15.4 Å². The molecule has 0 saturated heterocycles. The van der Waals surface area contributed by atoms with Crippen molar-refractivity contribution in [3.05, 3.63) is 52.0 Å². The summed E-state index contributed by atoms with van der Waals surface area (Å²) in [7, 11) is 1.48. The van der Waals surface area contributed by atoms with Gasteiger partial charge in [0.25, 0.3) is 5.91 Å². The van der Waals surface area contributed by atoms with E-state index in [0.717, 1.165) is 10.2 Å². The molecule has 0 bridgehead atoms. The van der Waals surface area contributed by atoms with Crippen LogP contribution in [-0.4, -0.2) is 18.1 Å². The van der Waals surface area contributed by atoms with Crippen molar-refractivity contribution in [2.45, 2.75) is 6.17 Å². The number of phenolic OH excluding ortho intramolecular Hbond substituents is 1. The van der Waals surface area contributed by atoms with Gasteiger partial charge in [-0.25, -0.2) is 0 Å². The molecule has 2 aromatic rings. The second-order valence-corrected chi connectivity index (χ2v) is 5.56. The predicted octanol–water partition coefficient (Wildman–Crippen LogP) is 3.02. The molecule has 1 aliphatic heterocycles. The molecule has 3 rings (SSSR count). The topological polar surface area (TPSA) is 70.6 Å². The molecule has 0 aromatic heterocycles. The van der Waals surface area contributed by atoms with Gasteiger partial charge in [-0.1, -0.05) is 28.1 Å². The van der Waals surface area contributed by atoms with E-state index in [9.17, 15) is 9.90 Å². The summed E-state index contributed by atoms with van der Waals surface area (Å²) in [5.74, 6) is 0.153. The highest BCUT2D eigenvalue weighted by molar-refractivity contribution is 9.10. The van der Waals surface area contributed by atoms with Crippen molar-refractivity contribution in [2.24, 2.45) is 0 Å². The summed E-state index contributed by atoms with van der Waals surface area (Å²) in [6, 6.07) is 10.6. The van der Waals surface area contributed by atoms with E-state index in [-0.39, 0.29) is 11.7 Å². The first-order valence-corrected chi connectivity index (χ1v) is 7.12. The number of hydrogen-bond donors (Lipinski definition) is 3. The molecule has 108 valence electrons. The number of halogens is 1. The summed E-state index contributed by atoms with van der Waals surface area (Å²) < 4.78 is 5.89.